The fourth-order valence-corrected chi connectivity index (χ4v) is 2.76. The van der Waals surface area contributed by atoms with Gasteiger partial charge in [-0.1, -0.05) is 80.4 Å². The highest BCUT2D eigenvalue weighted by molar-refractivity contribution is 6.42. The first-order valence-electron chi connectivity index (χ1n) is 7.10. The molecule has 21 heavy (non-hydrogen) atoms. The molecule has 2 aromatic carbocycles. The summed E-state index contributed by atoms with van der Waals surface area (Å²) in [5, 5.41) is 4.83. The standard InChI is InChI=1S/C18H21Cl2N/c1-18(2,3)17(14-7-5-4-6-8-14)21-12-13-9-10-15(19)16(20)11-13/h4-11,17,21H,12H2,1-3H3. The molecule has 3 heteroatoms. The molecule has 0 aliphatic heterocycles. The summed E-state index contributed by atoms with van der Waals surface area (Å²) >= 11 is 12.0. The lowest BCUT2D eigenvalue weighted by Crippen LogP contribution is -2.32. The molecule has 2 aromatic rings. The van der Waals surface area contributed by atoms with E-state index in [4.69, 9.17) is 23.2 Å². The van der Waals surface area contributed by atoms with Crippen LogP contribution in [0.2, 0.25) is 10.0 Å². The Balaban J connectivity index is 2.15. The van der Waals surface area contributed by atoms with E-state index in [2.05, 4.69) is 50.4 Å². The van der Waals surface area contributed by atoms with Crippen molar-refractivity contribution in [3.8, 4) is 0 Å². The lowest BCUT2D eigenvalue weighted by Gasteiger charge is -2.32. The average Bonchev–Trinajstić information content (AvgIpc) is 2.43. The molecule has 1 unspecified atom stereocenters. The van der Waals surface area contributed by atoms with Crippen LogP contribution in [0.5, 0.6) is 0 Å². The van der Waals surface area contributed by atoms with E-state index in [1.54, 1.807) is 0 Å². The monoisotopic (exact) mass is 321 g/mol. The van der Waals surface area contributed by atoms with Gasteiger partial charge in [0.05, 0.1) is 10.0 Å². The number of hydrogen-bond donors (Lipinski definition) is 1. The predicted octanol–water partition coefficient (Wildman–Crippen LogP) is 5.87. The zero-order chi connectivity index (χ0) is 15.5. The van der Waals surface area contributed by atoms with Crippen molar-refractivity contribution in [2.45, 2.75) is 33.4 Å². The molecule has 0 spiro atoms. The van der Waals surface area contributed by atoms with Crippen LogP contribution in [0.4, 0.5) is 0 Å². The van der Waals surface area contributed by atoms with Crippen molar-refractivity contribution in [3.63, 3.8) is 0 Å². The maximum Gasteiger partial charge on any atom is 0.0595 e. The Labute approximate surface area is 137 Å². The summed E-state index contributed by atoms with van der Waals surface area (Å²) in [7, 11) is 0. The van der Waals surface area contributed by atoms with Gasteiger partial charge in [-0.25, -0.2) is 0 Å². The molecule has 0 aliphatic rings. The highest BCUT2D eigenvalue weighted by Gasteiger charge is 2.25. The molecule has 0 fully saturated rings. The summed E-state index contributed by atoms with van der Waals surface area (Å²) in [5.74, 6) is 0. The largest absolute Gasteiger partial charge is 0.305 e. The van der Waals surface area contributed by atoms with Crippen LogP contribution in [-0.2, 0) is 6.54 Å². The molecule has 0 aliphatic carbocycles. The van der Waals surface area contributed by atoms with Crippen LogP contribution in [0.25, 0.3) is 0 Å². The van der Waals surface area contributed by atoms with E-state index in [0.29, 0.717) is 10.0 Å². The topological polar surface area (TPSA) is 12.0 Å². The van der Waals surface area contributed by atoms with Crippen molar-refractivity contribution >= 4 is 23.2 Å². The molecule has 0 aromatic heterocycles. The Hall–Kier alpha value is -1.02. The molecule has 1 atom stereocenters. The number of halogens is 2. The predicted molar refractivity (Wildman–Crippen MR) is 91.9 cm³/mol. The first-order chi connectivity index (χ1) is 9.88. The van der Waals surface area contributed by atoms with Gasteiger partial charge in [0.2, 0.25) is 0 Å². The molecule has 2 rings (SSSR count). The van der Waals surface area contributed by atoms with Crippen LogP contribution in [-0.4, -0.2) is 0 Å². The summed E-state index contributed by atoms with van der Waals surface area (Å²) in [6.45, 7) is 7.49. The second kappa shape index (κ2) is 6.83. The summed E-state index contributed by atoms with van der Waals surface area (Å²) in [4.78, 5) is 0. The van der Waals surface area contributed by atoms with Gasteiger partial charge in [-0.15, -0.1) is 0 Å². The summed E-state index contributed by atoms with van der Waals surface area (Å²) in [5.41, 5.74) is 2.55. The third-order valence-electron chi connectivity index (χ3n) is 3.49. The van der Waals surface area contributed by atoms with Crippen molar-refractivity contribution in [1.82, 2.24) is 5.32 Å². The molecular formula is C18H21Cl2N. The molecule has 0 bridgehead atoms. The van der Waals surface area contributed by atoms with Crippen LogP contribution < -0.4 is 5.32 Å². The Bertz CT molecular complexity index is 588. The summed E-state index contributed by atoms with van der Waals surface area (Å²) < 4.78 is 0. The Morgan fingerprint density at radius 2 is 1.62 bits per heavy atom. The van der Waals surface area contributed by atoms with Gasteiger partial charge in [0.15, 0.2) is 0 Å². The third kappa shape index (κ3) is 4.47. The Morgan fingerprint density at radius 3 is 2.19 bits per heavy atom. The molecule has 112 valence electrons. The minimum Gasteiger partial charge on any atom is -0.305 e. The normalized spacial score (nSPS) is 13.2. The van der Waals surface area contributed by atoms with Crippen LogP contribution in [0.3, 0.4) is 0 Å². The van der Waals surface area contributed by atoms with E-state index in [-0.39, 0.29) is 11.5 Å². The van der Waals surface area contributed by atoms with Crippen LogP contribution in [0.1, 0.15) is 37.9 Å². The minimum absolute atomic E-state index is 0.123. The number of nitrogens with one attached hydrogen (secondary N) is 1. The lowest BCUT2D eigenvalue weighted by atomic mass is 9.82. The van der Waals surface area contributed by atoms with Crippen LogP contribution >= 0.6 is 23.2 Å². The SMILES string of the molecule is CC(C)(C)C(NCc1ccc(Cl)c(Cl)c1)c1ccccc1. The van der Waals surface area contributed by atoms with Gasteiger partial charge >= 0.3 is 0 Å². The van der Waals surface area contributed by atoms with E-state index >= 15 is 0 Å². The first-order valence-corrected chi connectivity index (χ1v) is 7.86. The molecule has 1 N–H and O–H groups in total. The van der Waals surface area contributed by atoms with E-state index < -0.39 is 0 Å². The van der Waals surface area contributed by atoms with E-state index in [1.165, 1.54) is 5.56 Å². The second-order valence-electron chi connectivity index (χ2n) is 6.34. The summed E-state index contributed by atoms with van der Waals surface area (Å²) in [6.07, 6.45) is 0. The van der Waals surface area contributed by atoms with E-state index in [1.807, 2.05) is 24.3 Å². The van der Waals surface area contributed by atoms with Gasteiger partial charge in [-0.05, 0) is 28.7 Å². The zero-order valence-corrected chi connectivity index (χ0v) is 14.2. The van der Waals surface area contributed by atoms with Crippen molar-refractivity contribution in [3.05, 3.63) is 69.7 Å². The van der Waals surface area contributed by atoms with Gasteiger partial charge in [0.25, 0.3) is 0 Å². The Kier molecular flexibility index (Phi) is 5.32. The first kappa shape index (κ1) is 16.4. The molecule has 1 nitrogen and oxygen atoms in total. The lowest BCUT2D eigenvalue weighted by molar-refractivity contribution is 0.271. The number of hydrogen-bond acceptors (Lipinski definition) is 1. The number of rotatable bonds is 4. The van der Waals surface area contributed by atoms with Crippen LogP contribution in [0.15, 0.2) is 48.5 Å². The fourth-order valence-electron chi connectivity index (χ4n) is 2.44. The molecular weight excluding hydrogens is 301 g/mol. The smallest absolute Gasteiger partial charge is 0.0595 e. The second-order valence-corrected chi connectivity index (χ2v) is 7.15. The Morgan fingerprint density at radius 1 is 0.952 bits per heavy atom. The molecule has 0 radical (unpaired) electrons. The van der Waals surface area contributed by atoms with Gasteiger partial charge in [0.1, 0.15) is 0 Å². The average molecular weight is 322 g/mol. The third-order valence-corrected chi connectivity index (χ3v) is 4.23. The maximum atomic E-state index is 6.08. The fraction of sp³-hybridized carbons (Fsp3) is 0.333. The minimum atomic E-state index is 0.123. The molecule has 0 heterocycles. The molecule has 0 amide bonds. The molecule has 0 saturated heterocycles. The van der Waals surface area contributed by atoms with Crippen LogP contribution in [0, 0.1) is 5.41 Å². The highest BCUT2D eigenvalue weighted by atomic mass is 35.5. The summed E-state index contributed by atoms with van der Waals surface area (Å²) in [6, 6.07) is 16.6. The van der Waals surface area contributed by atoms with E-state index in [0.717, 1.165) is 12.1 Å². The van der Waals surface area contributed by atoms with Crippen molar-refractivity contribution in [2.75, 3.05) is 0 Å². The quantitative estimate of drug-likeness (QED) is 0.742. The van der Waals surface area contributed by atoms with E-state index in [9.17, 15) is 0 Å². The molecule has 0 saturated carbocycles. The highest BCUT2D eigenvalue weighted by Crippen LogP contribution is 2.33. The van der Waals surface area contributed by atoms with Gasteiger partial charge < -0.3 is 5.32 Å². The van der Waals surface area contributed by atoms with Gasteiger partial charge in [-0.3, -0.25) is 0 Å². The number of benzene rings is 2. The van der Waals surface area contributed by atoms with Crippen molar-refractivity contribution in [1.29, 1.82) is 0 Å². The maximum absolute atomic E-state index is 6.08. The van der Waals surface area contributed by atoms with Gasteiger partial charge in [-0.2, -0.15) is 0 Å². The van der Waals surface area contributed by atoms with Gasteiger partial charge in [0, 0.05) is 12.6 Å². The van der Waals surface area contributed by atoms with Crippen molar-refractivity contribution in [2.24, 2.45) is 5.41 Å². The van der Waals surface area contributed by atoms with Crippen molar-refractivity contribution < 1.29 is 0 Å². The zero-order valence-electron chi connectivity index (χ0n) is 12.7.